The number of furan rings is 1. The average molecular weight is 400 g/mol. The van der Waals surface area contributed by atoms with Gasteiger partial charge in [0.2, 0.25) is 21.6 Å². The van der Waals surface area contributed by atoms with Gasteiger partial charge in [0, 0.05) is 20.2 Å². The van der Waals surface area contributed by atoms with E-state index in [2.05, 4.69) is 10.3 Å². The van der Waals surface area contributed by atoms with Crippen molar-refractivity contribution in [2.75, 3.05) is 19.4 Å². The Labute approximate surface area is 163 Å². The highest BCUT2D eigenvalue weighted by atomic mass is 32.2. The van der Waals surface area contributed by atoms with E-state index in [0.29, 0.717) is 0 Å². The van der Waals surface area contributed by atoms with E-state index in [4.69, 9.17) is 8.83 Å². The van der Waals surface area contributed by atoms with Crippen LogP contribution >= 0.6 is 0 Å². The van der Waals surface area contributed by atoms with Gasteiger partial charge in [0.25, 0.3) is 5.89 Å². The minimum absolute atomic E-state index is 0.0244. The molecule has 0 spiro atoms. The number of benzene rings is 1. The van der Waals surface area contributed by atoms with Gasteiger partial charge in [0.15, 0.2) is 5.76 Å². The van der Waals surface area contributed by atoms with Crippen molar-refractivity contribution in [3.05, 3.63) is 53.4 Å². The summed E-state index contributed by atoms with van der Waals surface area (Å²) in [5.41, 5.74) is 1.07. The summed E-state index contributed by atoms with van der Waals surface area (Å²) < 4.78 is 37.1. The van der Waals surface area contributed by atoms with Gasteiger partial charge in [-0.2, -0.15) is 10.2 Å². The maximum absolute atomic E-state index is 12.4. The van der Waals surface area contributed by atoms with Crippen LogP contribution in [0.2, 0.25) is 0 Å². The van der Waals surface area contributed by atoms with Gasteiger partial charge in [0.05, 0.1) is 6.04 Å². The molecule has 0 aliphatic heterocycles. The van der Waals surface area contributed by atoms with Gasteiger partial charge >= 0.3 is 0 Å². The number of hydrogen-bond donors (Lipinski definition) is 1. The molecule has 28 heavy (non-hydrogen) atoms. The topological polar surface area (TPSA) is 112 Å². The Morgan fingerprint density at radius 2 is 1.89 bits per heavy atom. The molecule has 0 aliphatic rings. The Balaban J connectivity index is 1.95. The van der Waals surface area contributed by atoms with E-state index in [1.54, 1.807) is 6.92 Å². The van der Waals surface area contributed by atoms with Crippen molar-refractivity contribution in [3.8, 4) is 17.7 Å². The standard InChI is InChI=1S/C19H20N4O4S/c1-12(14-8-6-5-7-9-14)21-18-15(11-20)22-19(27-18)16-10-17(13(2)26-16)28(24,25)23(3)4/h5-10,12,21H,1-4H3/t12-/m1/s1. The number of rotatable bonds is 6. The zero-order valence-electron chi connectivity index (χ0n) is 15.9. The fraction of sp³-hybridized carbons (Fsp3) is 0.263. The van der Waals surface area contributed by atoms with Crippen molar-refractivity contribution in [3.63, 3.8) is 0 Å². The molecule has 0 amide bonds. The third-order valence-electron chi connectivity index (χ3n) is 4.22. The normalized spacial score (nSPS) is 12.7. The number of anilines is 1. The summed E-state index contributed by atoms with van der Waals surface area (Å²) >= 11 is 0. The molecule has 2 heterocycles. The smallest absolute Gasteiger partial charge is 0.266 e. The Morgan fingerprint density at radius 3 is 2.50 bits per heavy atom. The summed E-state index contributed by atoms with van der Waals surface area (Å²) in [7, 11) is -0.793. The molecule has 1 atom stereocenters. The molecule has 3 aromatic rings. The summed E-state index contributed by atoms with van der Waals surface area (Å²) in [5, 5.41) is 12.5. The summed E-state index contributed by atoms with van der Waals surface area (Å²) in [6.07, 6.45) is 0. The number of aryl methyl sites for hydroxylation is 1. The minimum atomic E-state index is -3.67. The fourth-order valence-corrected chi connectivity index (χ4v) is 3.70. The second-order valence-electron chi connectivity index (χ2n) is 6.40. The molecule has 0 fully saturated rings. The lowest BCUT2D eigenvalue weighted by atomic mass is 10.1. The fourth-order valence-electron chi connectivity index (χ4n) is 2.64. The second kappa shape index (κ2) is 7.50. The third-order valence-corrected chi connectivity index (χ3v) is 6.14. The van der Waals surface area contributed by atoms with Crippen molar-refractivity contribution < 1.29 is 17.3 Å². The van der Waals surface area contributed by atoms with Gasteiger partial charge in [-0.25, -0.2) is 12.7 Å². The number of nitrogens with zero attached hydrogens (tertiary/aromatic N) is 3. The van der Waals surface area contributed by atoms with Gasteiger partial charge < -0.3 is 14.2 Å². The zero-order chi connectivity index (χ0) is 20.5. The van der Waals surface area contributed by atoms with Gasteiger partial charge in [0.1, 0.15) is 16.7 Å². The van der Waals surface area contributed by atoms with E-state index < -0.39 is 10.0 Å². The molecule has 0 radical (unpaired) electrons. The first-order valence-corrected chi connectivity index (χ1v) is 9.93. The van der Waals surface area contributed by atoms with Crippen LogP contribution in [0.4, 0.5) is 5.88 Å². The Morgan fingerprint density at radius 1 is 1.21 bits per heavy atom. The molecule has 0 unspecified atom stereocenters. The predicted octanol–water partition coefficient (Wildman–Crippen LogP) is 3.54. The molecule has 146 valence electrons. The minimum Gasteiger partial charge on any atom is -0.455 e. The molecule has 2 aromatic heterocycles. The Bertz CT molecular complexity index is 1120. The highest BCUT2D eigenvalue weighted by molar-refractivity contribution is 7.89. The largest absolute Gasteiger partial charge is 0.455 e. The lowest BCUT2D eigenvalue weighted by molar-refractivity contribution is 0.491. The van der Waals surface area contributed by atoms with Crippen LogP contribution in [0.15, 0.2) is 50.1 Å². The van der Waals surface area contributed by atoms with Crippen molar-refractivity contribution in [2.45, 2.75) is 24.8 Å². The van der Waals surface area contributed by atoms with Gasteiger partial charge in [-0.1, -0.05) is 30.3 Å². The lowest BCUT2D eigenvalue weighted by Crippen LogP contribution is -2.22. The maximum atomic E-state index is 12.4. The number of hydrogen-bond acceptors (Lipinski definition) is 7. The molecular weight excluding hydrogens is 380 g/mol. The molecule has 0 saturated carbocycles. The second-order valence-corrected chi connectivity index (χ2v) is 8.52. The van der Waals surface area contributed by atoms with Crippen molar-refractivity contribution in [1.82, 2.24) is 9.29 Å². The van der Waals surface area contributed by atoms with E-state index in [1.165, 1.54) is 20.2 Å². The molecule has 1 N–H and O–H groups in total. The Kier molecular flexibility index (Phi) is 5.27. The highest BCUT2D eigenvalue weighted by Crippen LogP contribution is 2.32. The molecule has 3 rings (SSSR count). The SMILES string of the molecule is Cc1oc(-c2nc(C#N)c(N[C@H](C)c3ccccc3)o2)cc1S(=O)(=O)N(C)C. The first-order valence-electron chi connectivity index (χ1n) is 8.49. The number of aromatic nitrogens is 1. The van der Waals surface area contributed by atoms with Crippen LogP contribution in [0.5, 0.6) is 0 Å². The summed E-state index contributed by atoms with van der Waals surface area (Å²) in [5.74, 6) is 0.574. The molecule has 0 bridgehead atoms. The zero-order valence-corrected chi connectivity index (χ0v) is 16.7. The van der Waals surface area contributed by atoms with E-state index in [1.807, 2.05) is 43.3 Å². The van der Waals surface area contributed by atoms with Crippen molar-refractivity contribution in [1.29, 1.82) is 5.26 Å². The van der Waals surface area contributed by atoms with Crippen molar-refractivity contribution in [2.24, 2.45) is 0 Å². The highest BCUT2D eigenvalue weighted by Gasteiger charge is 2.27. The van der Waals surface area contributed by atoms with Crippen LogP contribution in [0.25, 0.3) is 11.7 Å². The molecular formula is C19H20N4O4S. The summed E-state index contributed by atoms with van der Waals surface area (Å²) in [6.45, 7) is 3.47. The summed E-state index contributed by atoms with van der Waals surface area (Å²) in [6, 6.07) is 12.9. The van der Waals surface area contributed by atoms with Gasteiger partial charge in [-0.15, -0.1) is 0 Å². The number of nitrogens with one attached hydrogen (secondary N) is 1. The van der Waals surface area contributed by atoms with E-state index in [-0.39, 0.29) is 39.9 Å². The van der Waals surface area contributed by atoms with Crippen LogP contribution in [0.1, 0.15) is 30.0 Å². The predicted molar refractivity (Wildman–Crippen MR) is 103 cm³/mol. The van der Waals surface area contributed by atoms with E-state index >= 15 is 0 Å². The van der Waals surface area contributed by atoms with E-state index in [0.717, 1.165) is 9.87 Å². The molecule has 0 saturated heterocycles. The lowest BCUT2D eigenvalue weighted by Gasteiger charge is -2.12. The van der Waals surface area contributed by atoms with Crippen molar-refractivity contribution >= 4 is 15.9 Å². The van der Waals surface area contributed by atoms with Crippen LogP contribution in [-0.4, -0.2) is 31.8 Å². The monoisotopic (exact) mass is 400 g/mol. The molecule has 0 aliphatic carbocycles. The average Bonchev–Trinajstić information content (AvgIpc) is 3.25. The van der Waals surface area contributed by atoms with Crippen LogP contribution in [0, 0.1) is 18.3 Å². The van der Waals surface area contributed by atoms with Crippen LogP contribution in [-0.2, 0) is 10.0 Å². The first kappa shape index (κ1) is 19.7. The number of nitriles is 1. The quantitative estimate of drug-likeness (QED) is 0.673. The molecule has 1 aromatic carbocycles. The Hall–Kier alpha value is -3.09. The molecule has 8 nitrogen and oxygen atoms in total. The van der Waals surface area contributed by atoms with Crippen LogP contribution < -0.4 is 5.32 Å². The van der Waals surface area contributed by atoms with E-state index in [9.17, 15) is 13.7 Å². The third kappa shape index (κ3) is 3.65. The van der Waals surface area contributed by atoms with Gasteiger partial charge in [-0.3, -0.25) is 0 Å². The number of sulfonamides is 1. The van der Waals surface area contributed by atoms with Gasteiger partial charge in [-0.05, 0) is 19.4 Å². The summed E-state index contributed by atoms with van der Waals surface area (Å²) in [4.78, 5) is 4.16. The van der Waals surface area contributed by atoms with Crippen LogP contribution in [0.3, 0.4) is 0 Å². The molecule has 9 heteroatoms. The first-order chi connectivity index (χ1) is 13.2. The maximum Gasteiger partial charge on any atom is 0.266 e. The number of oxazole rings is 1.